The van der Waals surface area contributed by atoms with Crippen LogP contribution in [0.5, 0.6) is 0 Å². The van der Waals surface area contributed by atoms with Crippen LogP contribution in [0, 0.1) is 0 Å². The molecule has 0 aromatic heterocycles. The summed E-state index contributed by atoms with van der Waals surface area (Å²) in [5.41, 5.74) is 4.58. The Morgan fingerprint density at radius 1 is 1.37 bits per heavy atom. The summed E-state index contributed by atoms with van der Waals surface area (Å²) in [5, 5.41) is 3.69. The van der Waals surface area contributed by atoms with Crippen LogP contribution in [0.2, 0.25) is 0 Å². The molecule has 0 saturated carbocycles. The molecule has 0 aliphatic carbocycles. The van der Waals surface area contributed by atoms with Crippen LogP contribution in [0.4, 0.5) is 5.69 Å². The highest BCUT2D eigenvalue weighted by molar-refractivity contribution is 5.61. The molecular formula is C16H25N3. The third kappa shape index (κ3) is 2.93. The maximum atomic E-state index is 3.69. The fourth-order valence-corrected chi connectivity index (χ4v) is 3.16. The smallest absolute Gasteiger partial charge is 0.0403 e. The lowest BCUT2D eigenvalue weighted by atomic mass is 9.93. The number of nitrogens with one attached hydrogen (secondary N) is 1. The van der Waals surface area contributed by atoms with Gasteiger partial charge in [-0.15, -0.1) is 0 Å². The van der Waals surface area contributed by atoms with E-state index in [0.717, 1.165) is 13.1 Å². The zero-order valence-corrected chi connectivity index (χ0v) is 12.2. The normalized spacial score (nSPS) is 21.6. The van der Waals surface area contributed by atoms with E-state index >= 15 is 0 Å². The molecule has 3 rings (SSSR count). The van der Waals surface area contributed by atoms with Gasteiger partial charge in [-0.05, 0) is 43.6 Å². The highest BCUT2D eigenvalue weighted by Crippen LogP contribution is 2.31. The summed E-state index contributed by atoms with van der Waals surface area (Å²) >= 11 is 0. The van der Waals surface area contributed by atoms with Crippen molar-refractivity contribution in [1.29, 1.82) is 0 Å². The lowest BCUT2D eigenvalue weighted by Crippen LogP contribution is -2.43. The van der Waals surface area contributed by atoms with E-state index in [4.69, 9.17) is 0 Å². The fourth-order valence-electron chi connectivity index (χ4n) is 3.16. The lowest BCUT2D eigenvalue weighted by Gasteiger charge is -2.31. The molecule has 19 heavy (non-hydrogen) atoms. The molecule has 1 aromatic carbocycles. The summed E-state index contributed by atoms with van der Waals surface area (Å²) in [5.74, 6) is 0. The Morgan fingerprint density at radius 3 is 2.95 bits per heavy atom. The van der Waals surface area contributed by atoms with Crippen molar-refractivity contribution in [3.05, 3.63) is 29.3 Å². The van der Waals surface area contributed by atoms with Crippen LogP contribution < -0.4 is 10.2 Å². The first-order valence-corrected chi connectivity index (χ1v) is 7.55. The number of hydrogen-bond acceptors (Lipinski definition) is 3. The fraction of sp³-hybridized carbons (Fsp3) is 0.625. The number of anilines is 1. The molecule has 3 heteroatoms. The van der Waals surface area contributed by atoms with Gasteiger partial charge in [-0.3, -0.25) is 0 Å². The minimum atomic E-state index is 0.602. The first kappa shape index (κ1) is 12.9. The molecule has 1 saturated heterocycles. The highest BCUT2D eigenvalue weighted by Gasteiger charge is 2.26. The largest absolute Gasteiger partial charge is 0.368 e. The van der Waals surface area contributed by atoms with Crippen LogP contribution >= 0.6 is 0 Å². The predicted molar refractivity (Wildman–Crippen MR) is 80.8 cm³/mol. The average molecular weight is 259 g/mol. The molecule has 0 spiro atoms. The number of rotatable bonds is 5. The first-order chi connectivity index (χ1) is 9.28. The molecule has 0 radical (unpaired) electrons. The molecule has 3 nitrogen and oxygen atoms in total. The van der Waals surface area contributed by atoms with E-state index in [1.807, 2.05) is 0 Å². The van der Waals surface area contributed by atoms with Crippen molar-refractivity contribution < 1.29 is 0 Å². The third-order valence-corrected chi connectivity index (χ3v) is 4.21. The zero-order valence-electron chi connectivity index (χ0n) is 12.2. The molecule has 1 atom stereocenters. The molecule has 2 aliphatic rings. The number of likely N-dealkylation sites (N-methyl/N-ethyl adjacent to an activating group) is 1. The monoisotopic (exact) mass is 259 g/mol. The molecule has 2 aliphatic heterocycles. The molecule has 1 aromatic rings. The van der Waals surface area contributed by atoms with Crippen LogP contribution in [-0.4, -0.2) is 44.2 Å². The Hall–Kier alpha value is -1.06. The van der Waals surface area contributed by atoms with Gasteiger partial charge in [0.05, 0.1) is 0 Å². The quantitative estimate of drug-likeness (QED) is 0.814. The van der Waals surface area contributed by atoms with Crippen LogP contribution in [0.1, 0.15) is 24.5 Å². The maximum absolute atomic E-state index is 3.69. The van der Waals surface area contributed by atoms with E-state index in [1.165, 1.54) is 43.7 Å². The molecule has 0 bridgehead atoms. The van der Waals surface area contributed by atoms with Gasteiger partial charge in [-0.1, -0.05) is 19.1 Å². The minimum Gasteiger partial charge on any atom is -0.368 e. The van der Waals surface area contributed by atoms with E-state index in [2.05, 4.69) is 47.3 Å². The second-order valence-electron chi connectivity index (χ2n) is 5.95. The van der Waals surface area contributed by atoms with E-state index in [9.17, 15) is 0 Å². The van der Waals surface area contributed by atoms with Crippen molar-refractivity contribution in [2.75, 3.05) is 38.1 Å². The summed E-state index contributed by atoms with van der Waals surface area (Å²) in [7, 11) is 2.23. The number of hydrogen-bond donors (Lipinski definition) is 1. The summed E-state index contributed by atoms with van der Waals surface area (Å²) < 4.78 is 0. The predicted octanol–water partition coefficient (Wildman–Crippen LogP) is 1.86. The van der Waals surface area contributed by atoms with Gasteiger partial charge in [0.1, 0.15) is 0 Å². The van der Waals surface area contributed by atoms with Gasteiger partial charge in [0.2, 0.25) is 0 Å². The topological polar surface area (TPSA) is 18.3 Å². The van der Waals surface area contributed by atoms with E-state index < -0.39 is 0 Å². The SMILES string of the molecule is CCCN(C)CC1Cc2c(cccc2N2CC2)CN1. The molecule has 1 unspecified atom stereocenters. The third-order valence-electron chi connectivity index (χ3n) is 4.21. The summed E-state index contributed by atoms with van der Waals surface area (Å²) in [6, 6.07) is 7.38. The van der Waals surface area contributed by atoms with Crippen LogP contribution in [-0.2, 0) is 13.0 Å². The van der Waals surface area contributed by atoms with Crippen LogP contribution in [0.15, 0.2) is 18.2 Å². The van der Waals surface area contributed by atoms with Gasteiger partial charge in [0.25, 0.3) is 0 Å². The van der Waals surface area contributed by atoms with Crippen molar-refractivity contribution in [3.8, 4) is 0 Å². The van der Waals surface area contributed by atoms with Gasteiger partial charge in [-0.2, -0.15) is 0 Å². The first-order valence-electron chi connectivity index (χ1n) is 7.55. The van der Waals surface area contributed by atoms with Gasteiger partial charge in [-0.25, -0.2) is 0 Å². The van der Waals surface area contributed by atoms with Crippen molar-refractivity contribution in [3.63, 3.8) is 0 Å². The van der Waals surface area contributed by atoms with Crippen LogP contribution in [0.25, 0.3) is 0 Å². The summed E-state index contributed by atoms with van der Waals surface area (Å²) in [6.45, 7) is 8.11. The van der Waals surface area contributed by atoms with Crippen LogP contribution in [0.3, 0.4) is 0 Å². The Balaban J connectivity index is 1.71. The van der Waals surface area contributed by atoms with Crippen molar-refractivity contribution in [1.82, 2.24) is 10.2 Å². The Morgan fingerprint density at radius 2 is 2.21 bits per heavy atom. The molecular weight excluding hydrogens is 234 g/mol. The molecule has 1 fully saturated rings. The van der Waals surface area contributed by atoms with Gasteiger partial charge in [0, 0.05) is 37.9 Å². The van der Waals surface area contributed by atoms with Gasteiger partial charge in [0.15, 0.2) is 0 Å². The van der Waals surface area contributed by atoms with E-state index in [-0.39, 0.29) is 0 Å². The van der Waals surface area contributed by atoms with E-state index in [0.29, 0.717) is 6.04 Å². The maximum Gasteiger partial charge on any atom is 0.0403 e. The zero-order chi connectivity index (χ0) is 13.2. The number of fused-ring (bicyclic) bond motifs is 1. The molecule has 104 valence electrons. The summed E-state index contributed by atoms with van der Waals surface area (Å²) in [6.07, 6.45) is 2.41. The second kappa shape index (κ2) is 5.51. The number of benzene rings is 1. The molecule has 2 heterocycles. The number of nitrogens with zero attached hydrogens (tertiary/aromatic N) is 2. The Labute approximate surface area is 116 Å². The van der Waals surface area contributed by atoms with Gasteiger partial charge >= 0.3 is 0 Å². The van der Waals surface area contributed by atoms with E-state index in [1.54, 1.807) is 5.56 Å². The van der Waals surface area contributed by atoms with Crippen molar-refractivity contribution >= 4 is 5.69 Å². The molecule has 0 amide bonds. The summed E-state index contributed by atoms with van der Waals surface area (Å²) in [4.78, 5) is 4.93. The lowest BCUT2D eigenvalue weighted by molar-refractivity contribution is 0.281. The average Bonchev–Trinajstić information content (AvgIpc) is 3.22. The standard InChI is InChI=1S/C16H25N3/c1-3-7-18(2)12-14-10-15-13(11-17-14)5-4-6-16(15)19-8-9-19/h4-6,14,17H,3,7-12H2,1-2H3. The van der Waals surface area contributed by atoms with Gasteiger partial charge < -0.3 is 15.1 Å². The van der Waals surface area contributed by atoms with Crippen molar-refractivity contribution in [2.45, 2.75) is 32.4 Å². The highest BCUT2D eigenvalue weighted by atomic mass is 15.3. The molecule has 1 N–H and O–H groups in total. The minimum absolute atomic E-state index is 0.602. The Kier molecular flexibility index (Phi) is 3.76. The van der Waals surface area contributed by atoms with Crippen molar-refractivity contribution in [2.24, 2.45) is 0 Å². The second-order valence-corrected chi connectivity index (χ2v) is 5.95. The Bertz CT molecular complexity index is 440.